The summed E-state index contributed by atoms with van der Waals surface area (Å²) in [6, 6.07) is 8.46. The summed E-state index contributed by atoms with van der Waals surface area (Å²) in [5.74, 6) is 3.45. The van der Waals surface area contributed by atoms with Crippen molar-refractivity contribution in [1.29, 1.82) is 0 Å². The van der Waals surface area contributed by atoms with Gasteiger partial charge in [0.15, 0.2) is 0 Å². The molecule has 0 aromatic heterocycles. The van der Waals surface area contributed by atoms with E-state index in [0.29, 0.717) is 28.6 Å². The molecule has 0 N–H and O–H groups in total. The number of carbonyl (C=O) groups excluding carboxylic acids is 1. The largest absolute Gasteiger partial charge is 0.455 e. The predicted octanol–water partition coefficient (Wildman–Crippen LogP) is 8.01. The first-order valence-corrected chi connectivity index (χ1v) is 13.3. The minimum atomic E-state index is -0.235. The van der Waals surface area contributed by atoms with Crippen molar-refractivity contribution in [2.45, 2.75) is 105 Å². The Labute approximate surface area is 195 Å². The monoisotopic (exact) mass is 436 g/mol. The molecule has 7 unspecified atom stereocenters. The van der Waals surface area contributed by atoms with Gasteiger partial charge in [0.2, 0.25) is 0 Å². The van der Waals surface area contributed by atoms with Crippen molar-refractivity contribution < 1.29 is 9.53 Å². The molecule has 1 aromatic carbocycles. The molecule has 5 rings (SSSR count). The fraction of sp³-hybridized carbons (Fsp3) is 0.767. The molecule has 7 atom stereocenters. The van der Waals surface area contributed by atoms with Crippen LogP contribution in [-0.4, -0.2) is 11.6 Å². The average molecular weight is 437 g/mol. The van der Waals surface area contributed by atoms with Crippen molar-refractivity contribution in [3.05, 3.63) is 35.4 Å². The summed E-state index contributed by atoms with van der Waals surface area (Å²) in [7, 11) is 0. The number of hydrogen-bond acceptors (Lipinski definition) is 2. The molecule has 2 heteroatoms. The molecule has 1 spiro atoms. The first-order chi connectivity index (χ1) is 15.0. The van der Waals surface area contributed by atoms with Gasteiger partial charge in [0.05, 0.1) is 5.56 Å². The van der Waals surface area contributed by atoms with Gasteiger partial charge >= 0.3 is 5.97 Å². The van der Waals surface area contributed by atoms with Crippen LogP contribution in [0.25, 0.3) is 0 Å². The zero-order valence-electron chi connectivity index (χ0n) is 21.5. The Kier molecular flexibility index (Phi) is 4.98. The van der Waals surface area contributed by atoms with Crippen molar-refractivity contribution in [3.8, 4) is 0 Å². The lowest BCUT2D eigenvalue weighted by Crippen LogP contribution is -2.66. The van der Waals surface area contributed by atoms with Crippen molar-refractivity contribution in [1.82, 2.24) is 0 Å². The van der Waals surface area contributed by atoms with Crippen LogP contribution in [0.5, 0.6) is 0 Å². The highest BCUT2D eigenvalue weighted by Gasteiger charge is 2.81. The molecule has 0 heterocycles. The van der Waals surface area contributed by atoms with Crippen molar-refractivity contribution in [3.63, 3.8) is 0 Å². The number of hydrogen-bond donors (Lipinski definition) is 0. The van der Waals surface area contributed by atoms with Crippen LogP contribution in [0.4, 0.5) is 0 Å². The molecule has 0 amide bonds. The van der Waals surface area contributed by atoms with E-state index in [1.54, 1.807) is 0 Å². The summed E-state index contributed by atoms with van der Waals surface area (Å²) in [5.41, 5.74) is 2.95. The van der Waals surface area contributed by atoms with E-state index in [-0.39, 0.29) is 17.0 Å². The number of fused-ring (bicyclic) bond motifs is 1. The van der Waals surface area contributed by atoms with E-state index in [9.17, 15) is 4.79 Å². The molecule has 4 aliphatic carbocycles. The maximum absolute atomic E-state index is 13.2. The lowest BCUT2D eigenvalue weighted by atomic mass is 9.36. The first kappa shape index (κ1) is 22.5. The third-order valence-corrected chi connectivity index (χ3v) is 11.4. The molecular formula is C30H44O2. The Hall–Kier alpha value is -1.31. The minimum Gasteiger partial charge on any atom is -0.455 e. The van der Waals surface area contributed by atoms with Gasteiger partial charge in [-0.15, -0.1) is 0 Å². The smallest absolute Gasteiger partial charge is 0.338 e. The van der Waals surface area contributed by atoms with Crippen LogP contribution in [0.3, 0.4) is 0 Å². The van der Waals surface area contributed by atoms with Gasteiger partial charge in [-0.25, -0.2) is 4.79 Å². The number of rotatable bonds is 8. The fourth-order valence-electron chi connectivity index (χ4n) is 8.37. The molecular weight excluding hydrogens is 392 g/mol. The fourth-order valence-corrected chi connectivity index (χ4v) is 8.37. The highest BCUT2D eigenvalue weighted by molar-refractivity contribution is 5.89. The minimum absolute atomic E-state index is 0.109. The highest BCUT2D eigenvalue weighted by Crippen LogP contribution is 2.84. The third kappa shape index (κ3) is 3.00. The molecule has 4 aliphatic rings. The second-order valence-electron chi connectivity index (χ2n) is 13.5. The predicted molar refractivity (Wildman–Crippen MR) is 131 cm³/mol. The highest BCUT2D eigenvalue weighted by atomic mass is 16.6. The van der Waals surface area contributed by atoms with Crippen LogP contribution in [0.1, 0.15) is 115 Å². The lowest BCUT2D eigenvalue weighted by Gasteiger charge is -2.69. The van der Waals surface area contributed by atoms with Crippen LogP contribution >= 0.6 is 0 Å². The second kappa shape index (κ2) is 7.09. The summed E-state index contributed by atoms with van der Waals surface area (Å²) in [6.45, 7) is 16.4. The Bertz CT molecular complexity index is 896. The van der Waals surface area contributed by atoms with Crippen LogP contribution in [-0.2, 0) is 4.74 Å². The van der Waals surface area contributed by atoms with E-state index in [4.69, 9.17) is 4.74 Å². The number of esters is 1. The van der Waals surface area contributed by atoms with E-state index in [1.807, 2.05) is 12.1 Å². The van der Waals surface area contributed by atoms with E-state index < -0.39 is 0 Å². The van der Waals surface area contributed by atoms with Gasteiger partial charge in [0.25, 0.3) is 0 Å². The number of ether oxygens (including phenoxy) is 1. The van der Waals surface area contributed by atoms with Crippen molar-refractivity contribution in [2.75, 3.05) is 0 Å². The van der Waals surface area contributed by atoms with Gasteiger partial charge in [0, 0.05) is 5.92 Å². The van der Waals surface area contributed by atoms with E-state index in [2.05, 4.69) is 60.6 Å². The summed E-state index contributed by atoms with van der Waals surface area (Å²) in [5, 5.41) is 0. The average Bonchev–Trinajstić information content (AvgIpc) is 3.23. The zero-order chi connectivity index (χ0) is 23.1. The number of benzene rings is 1. The molecule has 4 fully saturated rings. The molecule has 32 heavy (non-hydrogen) atoms. The molecule has 0 saturated heterocycles. The Morgan fingerprint density at radius 1 is 1.00 bits per heavy atom. The third-order valence-electron chi connectivity index (χ3n) is 11.4. The molecule has 0 radical (unpaired) electrons. The van der Waals surface area contributed by atoms with Gasteiger partial charge < -0.3 is 4.74 Å². The number of carbonyl (C=O) groups is 1. The lowest BCUT2D eigenvalue weighted by molar-refractivity contribution is -0.235. The molecule has 2 nitrogen and oxygen atoms in total. The topological polar surface area (TPSA) is 26.3 Å². The van der Waals surface area contributed by atoms with E-state index >= 15 is 0 Å². The molecule has 2 bridgehead atoms. The molecule has 1 aromatic rings. The normalized spacial score (nSPS) is 38.0. The molecule has 0 aliphatic heterocycles. The summed E-state index contributed by atoms with van der Waals surface area (Å²) < 4.78 is 6.36. The van der Waals surface area contributed by atoms with Crippen LogP contribution in [0, 0.1) is 39.9 Å². The van der Waals surface area contributed by atoms with Gasteiger partial charge in [0.1, 0.15) is 5.60 Å². The van der Waals surface area contributed by atoms with Gasteiger partial charge in [-0.2, -0.15) is 0 Å². The van der Waals surface area contributed by atoms with Gasteiger partial charge in [-0.05, 0) is 96.6 Å². The Morgan fingerprint density at radius 2 is 1.62 bits per heavy atom. The SMILES string of the molecule is CCC(C)(C)CC(c1ccc(C(=O)OC2(C)C3CC4CC5CC2C45C3)cc1)C(C)(C)CC. The summed E-state index contributed by atoms with van der Waals surface area (Å²) in [6.07, 6.45) is 8.83. The summed E-state index contributed by atoms with van der Waals surface area (Å²) in [4.78, 5) is 13.2. The van der Waals surface area contributed by atoms with Crippen LogP contribution < -0.4 is 0 Å². The first-order valence-electron chi connectivity index (χ1n) is 13.3. The van der Waals surface area contributed by atoms with E-state index in [0.717, 1.165) is 23.8 Å². The Morgan fingerprint density at radius 3 is 2.19 bits per heavy atom. The Balaban J connectivity index is 1.32. The van der Waals surface area contributed by atoms with Crippen LogP contribution in [0.2, 0.25) is 0 Å². The standard InChI is InChI=1S/C30H44O2/c1-8-27(3,4)18-24(28(5,6)9-2)19-10-12-20(13-11-19)26(31)32-29(7)23-15-21-14-22-16-25(29)30(21,22)17-23/h10-13,21-25H,8-9,14-18H2,1-7H3. The quantitative estimate of drug-likeness (QED) is 0.386. The van der Waals surface area contributed by atoms with Crippen molar-refractivity contribution in [2.24, 2.45) is 39.9 Å². The van der Waals surface area contributed by atoms with Gasteiger partial charge in [-0.1, -0.05) is 66.5 Å². The maximum atomic E-state index is 13.2. The maximum Gasteiger partial charge on any atom is 0.338 e. The molecule has 4 saturated carbocycles. The van der Waals surface area contributed by atoms with Gasteiger partial charge in [-0.3, -0.25) is 0 Å². The second-order valence-corrected chi connectivity index (χ2v) is 13.5. The van der Waals surface area contributed by atoms with Crippen molar-refractivity contribution >= 4 is 5.97 Å². The summed E-state index contributed by atoms with van der Waals surface area (Å²) >= 11 is 0. The zero-order valence-corrected chi connectivity index (χ0v) is 21.5. The van der Waals surface area contributed by atoms with E-state index in [1.165, 1.54) is 44.1 Å². The van der Waals surface area contributed by atoms with Crippen LogP contribution in [0.15, 0.2) is 24.3 Å². The molecule has 176 valence electrons.